The van der Waals surface area contributed by atoms with Crippen molar-refractivity contribution in [1.29, 1.82) is 0 Å². The van der Waals surface area contributed by atoms with Crippen LogP contribution in [0.25, 0.3) is 0 Å². The molecule has 0 aromatic heterocycles. The van der Waals surface area contributed by atoms with Gasteiger partial charge in [-0.2, -0.15) is 0 Å². The van der Waals surface area contributed by atoms with E-state index in [1.54, 1.807) is 0 Å². The summed E-state index contributed by atoms with van der Waals surface area (Å²) in [5, 5.41) is 15.7. The van der Waals surface area contributed by atoms with Crippen molar-refractivity contribution in [2.24, 2.45) is 0 Å². The lowest BCUT2D eigenvalue weighted by atomic mass is 9.99. The first-order chi connectivity index (χ1) is 7.33. The highest BCUT2D eigenvalue weighted by atomic mass is 16.2. The fraction of sp³-hybridized carbons (Fsp3) is 1.00. The topological polar surface area (TPSA) is 44.3 Å². The Morgan fingerprint density at radius 1 is 1.40 bits per heavy atom. The molecule has 3 N–H and O–H groups in total. The molecule has 0 radical (unpaired) electrons. The molecule has 0 bridgehead atoms. The number of hydrogen-bond acceptors (Lipinski definition) is 3. The molecule has 0 amide bonds. The number of rotatable bonds is 7. The van der Waals surface area contributed by atoms with Crippen LogP contribution in [-0.4, -0.2) is 36.9 Å². The van der Waals surface area contributed by atoms with Crippen LogP contribution in [0.2, 0.25) is 0 Å². The van der Waals surface area contributed by atoms with Crippen molar-refractivity contribution in [1.82, 2.24) is 10.6 Å². The van der Waals surface area contributed by atoms with E-state index in [9.17, 15) is 0 Å². The maximum atomic E-state index is 8.65. The second-order valence-corrected chi connectivity index (χ2v) is 4.67. The van der Waals surface area contributed by atoms with Crippen molar-refractivity contribution in [3.8, 4) is 0 Å². The predicted octanol–water partition coefficient (Wildman–Crippen LogP) is 1.27. The van der Waals surface area contributed by atoms with Gasteiger partial charge in [-0.3, -0.25) is 0 Å². The molecule has 3 nitrogen and oxygen atoms in total. The van der Waals surface area contributed by atoms with Crippen molar-refractivity contribution in [3.63, 3.8) is 0 Å². The molecular formula is C12H26N2O. The zero-order valence-electron chi connectivity index (χ0n) is 9.97. The van der Waals surface area contributed by atoms with Gasteiger partial charge in [-0.1, -0.05) is 6.42 Å². The Morgan fingerprint density at radius 2 is 2.27 bits per heavy atom. The fourth-order valence-corrected chi connectivity index (χ4v) is 2.22. The van der Waals surface area contributed by atoms with Crippen LogP contribution in [0.5, 0.6) is 0 Å². The summed E-state index contributed by atoms with van der Waals surface area (Å²) in [7, 11) is 0. The zero-order chi connectivity index (χ0) is 10.9. The minimum Gasteiger partial charge on any atom is -0.396 e. The molecule has 0 spiro atoms. The van der Waals surface area contributed by atoms with Gasteiger partial charge in [0, 0.05) is 18.7 Å². The molecule has 2 atom stereocenters. The van der Waals surface area contributed by atoms with E-state index < -0.39 is 0 Å². The van der Waals surface area contributed by atoms with Crippen molar-refractivity contribution in [2.75, 3.05) is 19.7 Å². The zero-order valence-corrected chi connectivity index (χ0v) is 9.97. The summed E-state index contributed by atoms with van der Waals surface area (Å²) >= 11 is 0. The maximum absolute atomic E-state index is 8.65. The van der Waals surface area contributed by atoms with Gasteiger partial charge in [0.25, 0.3) is 0 Å². The molecular weight excluding hydrogens is 188 g/mol. The summed E-state index contributed by atoms with van der Waals surface area (Å²) in [4.78, 5) is 0. The standard InChI is InChI=1S/C12H26N2O/c1-11(13-7-4-5-9-15)10-12-6-2-3-8-14-12/h11-15H,2-10H2,1H3. The quantitative estimate of drug-likeness (QED) is 0.559. The molecule has 1 rings (SSSR count). The minimum atomic E-state index is 0.320. The Kier molecular flexibility index (Phi) is 6.98. The summed E-state index contributed by atoms with van der Waals surface area (Å²) in [6.45, 7) is 4.81. The molecule has 0 saturated carbocycles. The Balaban J connectivity index is 1.98. The van der Waals surface area contributed by atoms with E-state index in [0.29, 0.717) is 12.6 Å². The summed E-state index contributed by atoms with van der Waals surface area (Å²) < 4.78 is 0. The van der Waals surface area contributed by atoms with Crippen LogP contribution < -0.4 is 10.6 Å². The molecule has 0 aliphatic carbocycles. The van der Waals surface area contributed by atoms with Gasteiger partial charge >= 0.3 is 0 Å². The minimum absolute atomic E-state index is 0.320. The van der Waals surface area contributed by atoms with Gasteiger partial charge in [0.15, 0.2) is 0 Å². The van der Waals surface area contributed by atoms with Crippen molar-refractivity contribution < 1.29 is 5.11 Å². The van der Waals surface area contributed by atoms with Crippen LogP contribution in [0.4, 0.5) is 0 Å². The highest BCUT2D eigenvalue weighted by Crippen LogP contribution is 2.11. The van der Waals surface area contributed by atoms with E-state index >= 15 is 0 Å². The van der Waals surface area contributed by atoms with Crippen LogP contribution in [-0.2, 0) is 0 Å². The lowest BCUT2D eigenvalue weighted by Crippen LogP contribution is -2.40. The molecule has 1 aliphatic rings. The molecule has 15 heavy (non-hydrogen) atoms. The Morgan fingerprint density at radius 3 is 2.93 bits per heavy atom. The smallest absolute Gasteiger partial charge is 0.0431 e. The SMILES string of the molecule is CC(CC1CCCCN1)NCCCCO. The molecule has 1 fully saturated rings. The second-order valence-electron chi connectivity index (χ2n) is 4.67. The highest BCUT2D eigenvalue weighted by Gasteiger charge is 2.14. The van der Waals surface area contributed by atoms with Gasteiger partial charge in [-0.25, -0.2) is 0 Å². The lowest BCUT2D eigenvalue weighted by molar-refractivity contribution is 0.281. The van der Waals surface area contributed by atoms with E-state index in [2.05, 4.69) is 17.6 Å². The normalized spacial score (nSPS) is 24.0. The number of hydrogen-bond donors (Lipinski definition) is 3. The van der Waals surface area contributed by atoms with Crippen molar-refractivity contribution in [2.45, 2.75) is 57.5 Å². The molecule has 90 valence electrons. The number of aliphatic hydroxyl groups excluding tert-OH is 1. The summed E-state index contributed by atoms with van der Waals surface area (Å²) in [5.74, 6) is 0. The largest absolute Gasteiger partial charge is 0.396 e. The van der Waals surface area contributed by atoms with Crippen LogP contribution in [0.3, 0.4) is 0 Å². The monoisotopic (exact) mass is 214 g/mol. The van der Waals surface area contributed by atoms with Crippen LogP contribution in [0.15, 0.2) is 0 Å². The molecule has 0 aromatic rings. The number of aliphatic hydroxyl groups is 1. The van der Waals surface area contributed by atoms with E-state index in [1.807, 2.05) is 0 Å². The van der Waals surface area contributed by atoms with Gasteiger partial charge in [0.1, 0.15) is 0 Å². The van der Waals surface area contributed by atoms with E-state index in [1.165, 1.54) is 32.2 Å². The third-order valence-electron chi connectivity index (χ3n) is 3.13. The van der Waals surface area contributed by atoms with Gasteiger partial charge in [-0.05, 0) is 52.1 Å². The van der Waals surface area contributed by atoms with Crippen LogP contribution in [0, 0.1) is 0 Å². The number of nitrogens with one attached hydrogen (secondary N) is 2. The fourth-order valence-electron chi connectivity index (χ4n) is 2.22. The summed E-state index contributed by atoms with van der Waals surface area (Å²) in [6, 6.07) is 1.32. The van der Waals surface area contributed by atoms with E-state index in [-0.39, 0.29) is 0 Å². The molecule has 2 unspecified atom stereocenters. The molecule has 0 aromatic carbocycles. The molecule has 3 heteroatoms. The van der Waals surface area contributed by atoms with E-state index in [4.69, 9.17) is 5.11 Å². The first-order valence-corrected chi connectivity index (χ1v) is 6.40. The van der Waals surface area contributed by atoms with Gasteiger partial charge in [0.2, 0.25) is 0 Å². The van der Waals surface area contributed by atoms with Gasteiger partial charge < -0.3 is 15.7 Å². The third kappa shape index (κ3) is 6.13. The van der Waals surface area contributed by atoms with Crippen LogP contribution in [0.1, 0.15) is 45.4 Å². The van der Waals surface area contributed by atoms with E-state index in [0.717, 1.165) is 25.4 Å². The summed E-state index contributed by atoms with van der Waals surface area (Å²) in [6.07, 6.45) is 7.30. The molecule has 1 saturated heterocycles. The highest BCUT2D eigenvalue weighted by molar-refractivity contribution is 4.76. The molecule has 1 aliphatic heterocycles. The predicted molar refractivity (Wildman–Crippen MR) is 64.0 cm³/mol. The Labute approximate surface area is 93.6 Å². The Bertz CT molecular complexity index is 147. The first-order valence-electron chi connectivity index (χ1n) is 6.40. The average Bonchev–Trinajstić information content (AvgIpc) is 2.26. The molecule has 1 heterocycles. The second kappa shape index (κ2) is 8.08. The van der Waals surface area contributed by atoms with Crippen molar-refractivity contribution >= 4 is 0 Å². The third-order valence-corrected chi connectivity index (χ3v) is 3.13. The van der Waals surface area contributed by atoms with Crippen molar-refractivity contribution in [3.05, 3.63) is 0 Å². The lowest BCUT2D eigenvalue weighted by Gasteiger charge is -2.26. The number of piperidine rings is 1. The summed E-state index contributed by atoms with van der Waals surface area (Å²) in [5.41, 5.74) is 0. The Hall–Kier alpha value is -0.120. The maximum Gasteiger partial charge on any atom is 0.0431 e. The van der Waals surface area contributed by atoms with Crippen LogP contribution >= 0.6 is 0 Å². The van der Waals surface area contributed by atoms with Gasteiger partial charge in [0.05, 0.1) is 0 Å². The first kappa shape index (κ1) is 12.9. The average molecular weight is 214 g/mol. The van der Waals surface area contributed by atoms with Gasteiger partial charge in [-0.15, -0.1) is 0 Å². The number of unbranched alkanes of at least 4 members (excludes halogenated alkanes) is 1.